The Bertz CT molecular complexity index is 916. The second-order valence-corrected chi connectivity index (χ2v) is 8.79. The fourth-order valence-electron chi connectivity index (χ4n) is 3.20. The normalized spacial score (nSPS) is 18.2. The highest BCUT2D eigenvalue weighted by molar-refractivity contribution is 7.91. The van der Waals surface area contributed by atoms with Crippen molar-refractivity contribution in [1.82, 2.24) is 9.88 Å². The summed E-state index contributed by atoms with van der Waals surface area (Å²) in [5, 5.41) is 3.19. The van der Waals surface area contributed by atoms with Gasteiger partial charge in [0.25, 0.3) is 5.91 Å². The zero-order valence-electron chi connectivity index (χ0n) is 15.1. The van der Waals surface area contributed by atoms with Crippen molar-refractivity contribution in [2.75, 3.05) is 23.4 Å². The monoisotopic (exact) mass is 391 g/mol. The fraction of sp³-hybridized carbons (Fsp3) is 0.368. The number of amides is 1. The molecule has 0 aliphatic carbocycles. The number of carbonyl (C=O) groups excluding carboxylic acids is 1. The minimum Gasteiger partial charge on any atom is -0.381 e. The van der Waals surface area contributed by atoms with Crippen LogP contribution in [0.2, 0.25) is 0 Å². The van der Waals surface area contributed by atoms with Crippen LogP contribution in [0.3, 0.4) is 0 Å². The number of rotatable bonds is 6. The highest BCUT2D eigenvalue weighted by atomic mass is 32.2. The lowest BCUT2D eigenvalue weighted by Gasteiger charge is -2.26. The van der Waals surface area contributed by atoms with Crippen LogP contribution in [0.1, 0.15) is 29.4 Å². The van der Waals surface area contributed by atoms with E-state index in [4.69, 9.17) is 0 Å². The molecule has 1 unspecified atom stereocenters. The Labute approximate surface area is 158 Å². The van der Waals surface area contributed by atoms with Gasteiger partial charge in [-0.3, -0.25) is 9.78 Å². The van der Waals surface area contributed by atoms with E-state index in [2.05, 4.69) is 10.3 Å². The van der Waals surface area contributed by atoms with Gasteiger partial charge in [0.15, 0.2) is 9.84 Å². The fourth-order valence-corrected chi connectivity index (χ4v) is 4.93. The minimum absolute atomic E-state index is 0.00902. The van der Waals surface area contributed by atoms with Crippen LogP contribution in [0.4, 0.5) is 10.1 Å². The molecule has 1 aromatic heterocycles. The molecule has 8 heteroatoms. The molecule has 1 aliphatic rings. The summed E-state index contributed by atoms with van der Waals surface area (Å²) in [6.07, 6.45) is 2.00. The third-order valence-corrected chi connectivity index (χ3v) is 6.39. The number of nitrogens with zero attached hydrogens (tertiary/aromatic N) is 2. The summed E-state index contributed by atoms with van der Waals surface area (Å²) in [6, 6.07) is 9.27. The van der Waals surface area contributed by atoms with Crippen LogP contribution in [-0.4, -0.2) is 48.3 Å². The van der Waals surface area contributed by atoms with Gasteiger partial charge in [0, 0.05) is 31.0 Å². The Kier molecular flexibility index (Phi) is 5.74. The van der Waals surface area contributed by atoms with E-state index in [1.807, 2.05) is 6.92 Å². The van der Waals surface area contributed by atoms with Crippen molar-refractivity contribution < 1.29 is 17.6 Å². The number of anilines is 1. The van der Waals surface area contributed by atoms with Crippen molar-refractivity contribution in [2.24, 2.45) is 0 Å². The summed E-state index contributed by atoms with van der Waals surface area (Å²) >= 11 is 0. The summed E-state index contributed by atoms with van der Waals surface area (Å²) in [5.74, 6) is -0.433. The zero-order valence-corrected chi connectivity index (χ0v) is 15.9. The van der Waals surface area contributed by atoms with Crippen LogP contribution in [0.5, 0.6) is 0 Å². The van der Waals surface area contributed by atoms with Gasteiger partial charge in [-0.25, -0.2) is 12.8 Å². The molecule has 1 aromatic carbocycles. The summed E-state index contributed by atoms with van der Waals surface area (Å²) in [6.45, 7) is 2.74. The average molecular weight is 391 g/mol. The van der Waals surface area contributed by atoms with Crippen molar-refractivity contribution in [3.63, 3.8) is 0 Å². The first-order chi connectivity index (χ1) is 12.9. The number of halogens is 1. The van der Waals surface area contributed by atoms with Gasteiger partial charge in [0.05, 0.1) is 11.5 Å². The van der Waals surface area contributed by atoms with E-state index in [0.717, 1.165) is 5.56 Å². The van der Waals surface area contributed by atoms with Crippen molar-refractivity contribution in [3.8, 4) is 0 Å². The third-order valence-electron chi connectivity index (χ3n) is 4.64. The molecule has 6 nitrogen and oxygen atoms in total. The van der Waals surface area contributed by atoms with Crippen LogP contribution in [0.25, 0.3) is 0 Å². The number of sulfone groups is 1. The second kappa shape index (κ2) is 8.04. The number of benzene rings is 1. The van der Waals surface area contributed by atoms with Crippen LogP contribution >= 0.6 is 0 Å². The Morgan fingerprint density at radius 1 is 1.30 bits per heavy atom. The minimum atomic E-state index is -3.07. The maximum absolute atomic E-state index is 13.0. The molecule has 0 bridgehead atoms. The summed E-state index contributed by atoms with van der Waals surface area (Å²) < 4.78 is 36.4. The van der Waals surface area contributed by atoms with E-state index < -0.39 is 9.84 Å². The lowest BCUT2D eigenvalue weighted by Crippen LogP contribution is -2.41. The standard InChI is InChI=1S/C19H22FN3O3S/c1-2-23(17-8-10-27(25,26)13-17)19(24)18-11-16(7-9-21-18)22-12-14-3-5-15(20)6-4-14/h3-7,9,11,17H,2,8,10,12-13H2,1H3,(H,21,22). The molecule has 1 fully saturated rings. The van der Waals surface area contributed by atoms with Crippen LogP contribution in [0.15, 0.2) is 42.6 Å². The second-order valence-electron chi connectivity index (χ2n) is 6.56. The molecule has 2 aromatic rings. The third kappa shape index (κ3) is 4.82. The molecular weight excluding hydrogens is 369 g/mol. The van der Waals surface area contributed by atoms with E-state index in [-0.39, 0.29) is 35.0 Å². The van der Waals surface area contributed by atoms with Crippen LogP contribution in [-0.2, 0) is 16.4 Å². The van der Waals surface area contributed by atoms with Crippen molar-refractivity contribution in [2.45, 2.75) is 25.9 Å². The zero-order chi connectivity index (χ0) is 19.4. The average Bonchev–Trinajstić information content (AvgIpc) is 3.01. The molecule has 27 heavy (non-hydrogen) atoms. The van der Waals surface area contributed by atoms with Gasteiger partial charge in [-0.2, -0.15) is 0 Å². The maximum Gasteiger partial charge on any atom is 0.272 e. The summed E-state index contributed by atoms with van der Waals surface area (Å²) in [5.41, 5.74) is 1.89. The number of nitrogens with one attached hydrogen (secondary N) is 1. The first-order valence-corrected chi connectivity index (χ1v) is 10.7. The molecule has 0 saturated carbocycles. The Morgan fingerprint density at radius 2 is 2.04 bits per heavy atom. The number of carbonyl (C=O) groups is 1. The van der Waals surface area contributed by atoms with Gasteiger partial charge in [-0.15, -0.1) is 0 Å². The molecule has 3 rings (SSSR count). The molecule has 1 atom stereocenters. The SMILES string of the molecule is CCN(C(=O)c1cc(NCc2ccc(F)cc2)ccn1)C1CCS(=O)(=O)C1. The van der Waals surface area contributed by atoms with E-state index in [0.29, 0.717) is 25.2 Å². The molecule has 2 heterocycles. The Balaban J connectivity index is 1.70. The topological polar surface area (TPSA) is 79.4 Å². The lowest BCUT2D eigenvalue weighted by atomic mass is 10.2. The lowest BCUT2D eigenvalue weighted by molar-refractivity contribution is 0.0702. The van der Waals surface area contributed by atoms with Gasteiger partial charge in [-0.1, -0.05) is 12.1 Å². The van der Waals surface area contributed by atoms with E-state index in [9.17, 15) is 17.6 Å². The largest absolute Gasteiger partial charge is 0.381 e. The number of aromatic nitrogens is 1. The Morgan fingerprint density at radius 3 is 2.67 bits per heavy atom. The van der Waals surface area contributed by atoms with Crippen LogP contribution in [0, 0.1) is 5.82 Å². The number of hydrogen-bond acceptors (Lipinski definition) is 5. The van der Waals surface area contributed by atoms with Gasteiger partial charge in [0.1, 0.15) is 11.5 Å². The smallest absolute Gasteiger partial charge is 0.272 e. The van der Waals surface area contributed by atoms with Crippen molar-refractivity contribution >= 4 is 21.4 Å². The molecule has 0 spiro atoms. The van der Waals surface area contributed by atoms with E-state index in [1.165, 1.54) is 12.1 Å². The van der Waals surface area contributed by atoms with Gasteiger partial charge >= 0.3 is 0 Å². The number of hydrogen-bond donors (Lipinski definition) is 1. The molecule has 1 aliphatic heterocycles. The molecule has 144 valence electrons. The van der Waals surface area contributed by atoms with Crippen molar-refractivity contribution in [3.05, 3.63) is 59.7 Å². The first-order valence-electron chi connectivity index (χ1n) is 8.84. The predicted molar refractivity (Wildman–Crippen MR) is 102 cm³/mol. The Hall–Kier alpha value is -2.48. The molecule has 0 radical (unpaired) electrons. The van der Waals surface area contributed by atoms with Gasteiger partial charge in [0.2, 0.25) is 0 Å². The number of pyridine rings is 1. The molecular formula is C19H22FN3O3S. The van der Waals surface area contributed by atoms with Gasteiger partial charge < -0.3 is 10.2 Å². The van der Waals surface area contributed by atoms with E-state index in [1.54, 1.807) is 35.4 Å². The summed E-state index contributed by atoms with van der Waals surface area (Å²) in [7, 11) is -3.07. The predicted octanol–water partition coefficient (Wildman–Crippen LogP) is 2.48. The summed E-state index contributed by atoms with van der Waals surface area (Å²) in [4.78, 5) is 18.6. The van der Waals surface area contributed by atoms with Crippen LogP contribution < -0.4 is 5.32 Å². The molecule has 1 saturated heterocycles. The van der Waals surface area contributed by atoms with Gasteiger partial charge in [-0.05, 0) is 43.2 Å². The first kappa shape index (κ1) is 19.3. The highest BCUT2D eigenvalue weighted by Gasteiger charge is 2.34. The molecule has 1 amide bonds. The van der Waals surface area contributed by atoms with Crippen molar-refractivity contribution in [1.29, 1.82) is 0 Å². The quantitative estimate of drug-likeness (QED) is 0.818. The van der Waals surface area contributed by atoms with E-state index >= 15 is 0 Å². The highest BCUT2D eigenvalue weighted by Crippen LogP contribution is 2.20. The molecule has 1 N–H and O–H groups in total. The maximum atomic E-state index is 13.0.